The van der Waals surface area contributed by atoms with Gasteiger partial charge < -0.3 is 14.6 Å². The van der Waals surface area contributed by atoms with Crippen molar-refractivity contribution in [2.24, 2.45) is 11.8 Å². The molecular formula is C20H26O6S. The highest BCUT2D eigenvalue weighted by Gasteiger charge is 2.57. The van der Waals surface area contributed by atoms with Crippen LogP contribution >= 0.6 is 11.8 Å². The lowest BCUT2D eigenvalue weighted by Gasteiger charge is -2.43. The molecule has 2 rings (SSSR count). The normalized spacial score (nSPS) is 27.9. The Morgan fingerprint density at radius 2 is 1.70 bits per heavy atom. The summed E-state index contributed by atoms with van der Waals surface area (Å²) in [6, 6.07) is 7.28. The molecule has 1 aromatic rings. The van der Waals surface area contributed by atoms with Gasteiger partial charge >= 0.3 is 11.9 Å². The van der Waals surface area contributed by atoms with Crippen LogP contribution in [0, 0.1) is 11.8 Å². The van der Waals surface area contributed by atoms with Crippen LogP contribution in [-0.4, -0.2) is 47.9 Å². The zero-order chi connectivity index (χ0) is 20.2. The van der Waals surface area contributed by atoms with E-state index in [1.54, 1.807) is 37.7 Å². The van der Waals surface area contributed by atoms with Crippen LogP contribution in [0.2, 0.25) is 0 Å². The van der Waals surface area contributed by atoms with E-state index in [0.29, 0.717) is 5.56 Å². The van der Waals surface area contributed by atoms with Crippen molar-refractivity contribution >= 4 is 29.5 Å². The van der Waals surface area contributed by atoms with Crippen LogP contribution in [0.3, 0.4) is 0 Å². The number of rotatable bonds is 6. The molecule has 1 N–H and O–H groups in total. The van der Waals surface area contributed by atoms with Crippen LogP contribution in [0.25, 0.3) is 0 Å². The first-order valence-electron chi connectivity index (χ1n) is 8.99. The second-order valence-electron chi connectivity index (χ2n) is 6.76. The Morgan fingerprint density at radius 1 is 1.15 bits per heavy atom. The van der Waals surface area contributed by atoms with Crippen LogP contribution in [0.15, 0.2) is 29.2 Å². The Bertz CT molecular complexity index is 697. The topological polar surface area (TPSA) is 89.9 Å². The van der Waals surface area contributed by atoms with Crippen LogP contribution in [0.4, 0.5) is 0 Å². The van der Waals surface area contributed by atoms with E-state index in [4.69, 9.17) is 9.47 Å². The molecule has 0 bridgehead atoms. The van der Waals surface area contributed by atoms with Crippen molar-refractivity contribution in [2.75, 3.05) is 19.5 Å². The van der Waals surface area contributed by atoms with Crippen LogP contribution in [-0.2, 0) is 23.9 Å². The van der Waals surface area contributed by atoms with Gasteiger partial charge in [0.15, 0.2) is 5.78 Å². The van der Waals surface area contributed by atoms with Gasteiger partial charge in [0.2, 0.25) is 0 Å². The summed E-state index contributed by atoms with van der Waals surface area (Å²) in [5.74, 6) is -4.79. The molecule has 1 saturated carbocycles. The molecule has 1 aliphatic carbocycles. The van der Waals surface area contributed by atoms with Gasteiger partial charge in [0.25, 0.3) is 0 Å². The number of hydrogen-bond donors (Lipinski definition) is 1. The molecule has 27 heavy (non-hydrogen) atoms. The van der Waals surface area contributed by atoms with E-state index in [-0.39, 0.29) is 19.6 Å². The number of carbonyl (C=O) groups excluding carboxylic acids is 3. The third kappa shape index (κ3) is 4.52. The van der Waals surface area contributed by atoms with Gasteiger partial charge in [0.05, 0.1) is 24.7 Å². The molecule has 1 aliphatic rings. The minimum absolute atomic E-state index is 0.126. The summed E-state index contributed by atoms with van der Waals surface area (Å²) >= 11 is 1.56. The van der Waals surface area contributed by atoms with Gasteiger partial charge in [-0.2, -0.15) is 0 Å². The molecule has 0 radical (unpaired) electrons. The van der Waals surface area contributed by atoms with Crippen molar-refractivity contribution in [3.8, 4) is 0 Å². The fourth-order valence-electron chi connectivity index (χ4n) is 3.71. The molecule has 0 heterocycles. The average Bonchev–Trinajstić information content (AvgIpc) is 2.60. The fraction of sp³-hybridized carbons (Fsp3) is 0.550. The zero-order valence-electron chi connectivity index (χ0n) is 16.1. The Labute approximate surface area is 163 Å². The number of esters is 2. The Hall–Kier alpha value is -1.86. The summed E-state index contributed by atoms with van der Waals surface area (Å²) in [7, 11) is 0. The van der Waals surface area contributed by atoms with E-state index in [1.165, 1.54) is 6.92 Å². The SMILES string of the molecule is CCOC(=O)[C@@H]1C(=O)C[C@](C)(O)[C@@H](C(=O)OCC)[C@H]1c1ccc(SC)cc1. The standard InChI is InChI=1S/C20H26O6S/c1-5-25-18(22)16-14(21)11-20(3,24)17(19(23)26-6-2)15(16)12-7-9-13(27-4)10-8-12/h7-10,15-17,24H,5-6,11H2,1-4H3/t15-,16+,17+,20-/m0/s1. The molecule has 0 aliphatic heterocycles. The van der Waals surface area contributed by atoms with Gasteiger partial charge in [0.1, 0.15) is 5.92 Å². The van der Waals surface area contributed by atoms with Crippen molar-refractivity contribution in [1.82, 2.24) is 0 Å². The summed E-state index contributed by atoms with van der Waals surface area (Å²) in [6.07, 6.45) is 1.63. The molecule has 0 aromatic heterocycles. The Kier molecular flexibility index (Phi) is 7.06. The van der Waals surface area contributed by atoms with Gasteiger partial charge in [-0.15, -0.1) is 11.8 Å². The first kappa shape index (κ1) is 21.4. The van der Waals surface area contributed by atoms with Crippen LogP contribution in [0.1, 0.15) is 38.7 Å². The number of benzene rings is 1. The molecular weight excluding hydrogens is 368 g/mol. The lowest BCUT2D eigenvalue weighted by Crippen LogP contribution is -2.55. The van der Waals surface area contributed by atoms with Crippen molar-refractivity contribution in [3.05, 3.63) is 29.8 Å². The molecule has 0 amide bonds. The summed E-state index contributed by atoms with van der Waals surface area (Å²) in [6.45, 7) is 5.04. The summed E-state index contributed by atoms with van der Waals surface area (Å²) < 4.78 is 10.3. The fourth-order valence-corrected chi connectivity index (χ4v) is 4.11. The third-order valence-corrected chi connectivity index (χ3v) is 5.59. The number of thioether (sulfide) groups is 1. The number of carbonyl (C=O) groups is 3. The maximum Gasteiger partial charge on any atom is 0.317 e. The van der Waals surface area contributed by atoms with Crippen molar-refractivity contribution in [1.29, 1.82) is 0 Å². The maximum absolute atomic E-state index is 12.7. The van der Waals surface area contributed by atoms with E-state index < -0.39 is 41.1 Å². The minimum atomic E-state index is -1.62. The summed E-state index contributed by atoms with van der Waals surface area (Å²) in [5, 5.41) is 10.9. The lowest BCUT2D eigenvalue weighted by molar-refractivity contribution is -0.172. The Balaban J connectivity index is 2.59. The van der Waals surface area contributed by atoms with Gasteiger partial charge in [-0.25, -0.2) is 0 Å². The van der Waals surface area contributed by atoms with Crippen molar-refractivity contribution in [3.63, 3.8) is 0 Å². The van der Waals surface area contributed by atoms with E-state index in [9.17, 15) is 19.5 Å². The minimum Gasteiger partial charge on any atom is -0.466 e. The molecule has 1 aromatic carbocycles. The van der Waals surface area contributed by atoms with Gasteiger partial charge in [-0.1, -0.05) is 12.1 Å². The highest BCUT2D eigenvalue weighted by atomic mass is 32.2. The second-order valence-corrected chi connectivity index (χ2v) is 7.64. The predicted octanol–water partition coefficient (Wildman–Crippen LogP) is 2.57. The third-order valence-electron chi connectivity index (χ3n) is 4.85. The van der Waals surface area contributed by atoms with E-state index in [2.05, 4.69) is 0 Å². The molecule has 7 heteroatoms. The smallest absolute Gasteiger partial charge is 0.317 e. The number of hydrogen-bond acceptors (Lipinski definition) is 7. The first-order chi connectivity index (χ1) is 12.8. The van der Waals surface area contributed by atoms with Crippen LogP contribution in [0.5, 0.6) is 0 Å². The number of ketones is 1. The number of aliphatic hydroxyl groups is 1. The Morgan fingerprint density at radius 3 is 2.22 bits per heavy atom. The molecule has 6 nitrogen and oxygen atoms in total. The van der Waals surface area contributed by atoms with E-state index in [1.807, 2.05) is 18.4 Å². The highest BCUT2D eigenvalue weighted by molar-refractivity contribution is 7.98. The van der Waals surface area contributed by atoms with Crippen molar-refractivity contribution in [2.45, 2.75) is 43.6 Å². The largest absolute Gasteiger partial charge is 0.466 e. The highest BCUT2D eigenvalue weighted by Crippen LogP contribution is 2.46. The first-order valence-corrected chi connectivity index (χ1v) is 10.2. The zero-order valence-corrected chi connectivity index (χ0v) is 16.9. The van der Waals surface area contributed by atoms with Crippen molar-refractivity contribution < 1.29 is 29.0 Å². The molecule has 1 fully saturated rings. The van der Waals surface area contributed by atoms with E-state index in [0.717, 1.165) is 4.90 Å². The molecule has 0 saturated heterocycles. The monoisotopic (exact) mass is 394 g/mol. The van der Waals surface area contributed by atoms with Gasteiger partial charge in [0, 0.05) is 17.2 Å². The lowest BCUT2D eigenvalue weighted by atomic mass is 9.62. The maximum atomic E-state index is 12.7. The van der Waals surface area contributed by atoms with Crippen LogP contribution < -0.4 is 0 Å². The molecule has 148 valence electrons. The van der Waals surface area contributed by atoms with E-state index >= 15 is 0 Å². The molecule has 4 atom stereocenters. The molecule has 0 spiro atoms. The quantitative estimate of drug-likeness (QED) is 0.450. The summed E-state index contributed by atoms with van der Waals surface area (Å²) in [5.41, 5.74) is -0.993. The predicted molar refractivity (Wildman–Crippen MR) is 101 cm³/mol. The van der Waals surface area contributed by atoms with Gasteiger partial charge in [-0.05, 0) is 44.7 Å². The summed E-state index contributed by atoms with van der Waals surface area (Å²) in [4.78, 5) is 39.0. The molecule has 0 unspecified atom stereocenters. The van der Waals surface area contributed by atoms with Gasteiger partial charge in [-0.3, -0.25) is 14.4 Å². The second kappa shape index (κ2) is 8.89. The number of ether oxygens (including phenoxy) is 2. The average molecular weight is 394 g/mol. The number of Topliss-reactive ketones (excluding diaryl/α,β-unsaturated/α-hetero) is 1.